The minimum Gasteiger partial charge on any atom is -0.394 e. The summed E-state index contributed by atoms with van der Waals surface area (Å²) >= 11 is 0. The molecule has 0 fully saturated rings. The predicted octanol–water partition coefficient (Wildman–Crippen LogP) is 1.61. The number of alkyl halides is 3. The molecule has 0 bridgehead atoms. The van der Waals surface area contributed by atoms with E-state index >= 15 is 0 Å². The Balaban J connectivity index is 2.96. The van der Waals surface area contributed by atoms with Gasteiger partial charge in [-0.05, 0) is 12.1 Å². The highest BCUT2D eigenvalue weighted by Crippen LogP contribution is 2.35. The first-order valence-electron chi connectivity index (χ1n) is 4.74. The summed E-state index contributed by atoms with van der Waals surface area (Å²) < 4.78 is 50.8. The summed E-state index contributed by atoms with van der Waals surface area (Å²) in [6.07, 6.45) is -5.94. The molecule has 0 aliphatic carbocycles. The largest absolute Gasteiger partial charge is 0.418 e. The third kappa shape index (κ3) is 3.57. The van der Waals surface area contributed by atoms with Crippen LogP contribution >= 0.6 is 0 Å². The predicted molar refractivity (Wildman–Crippen MR) is 53.0 cm³/mol. The van der Waals surface area contributed by atoms with E-state index in [1.54, 1.807) is 0 Å². The van der Waals surface area contributed by atoms with Gasteiger partial charge in [-0.15, -0.1) is 0 Å². The molecule has 96 valence electrons. The van der Waals surface area contributed by atoms with E-state index in [2.05, 4.69) is 5.32 Å². The van der Waals surface area contributed by atoms with E-state index < -0.39 is 36.0 Å². The minimum atomic E-state index is -4.69. The lowest BCUT2D eigenvalue weighted by Crippen LogP contribution is -2.24. The van der Waals surface area contributed by atoms with Crippen molar-refractivity contribution in [2.45, 2.75) is 12.3 Å². The summed E-state index contributed by atoms with van der Waals surface area (Å²) in [5.74, 6) is -1.06. The van der Waals surface area contributed by atoms with Crippen LogP contribution in [0.25, 0.3) is 0 Å². The fourth-order valence-corrected chi connectivity index (χ4v) is 1.22. The molecule has 0 saturated heterocycles. The second kappa shape index (κ2) is 5.33. The molecule has 7 heteroatoms. The molecule has 0 aromatic heterocycles. The van der Waals surface area contributed by atoms with E-state index in [1.807, 2.05) is 0 Å². The number of nitrogens with one attached hydrogen (secondary N) is 1. The number of aliphatic hydroxyl groups excluding tert-OH is 2. The molecule has 0 saturated carbocycles. The van der Waals surface area contributed by atoms with Crippen LogP contribution in [0.5, 0.6) is 0 Å². The molecule has 0 aliphatic rings. The smallest absolute Gasteiger partial charge is 0.394 e. The Labute approximate surface area is 94.7 Å². The first-order chi connectivity index (χ1) is 7.86. The maximum atomic E-state index is 13.2. The van der Waals surface area contributed by atoms with Gasteiger partial charge in [-0.3, -0.25) is 0 Å². The second-order valence-electron chi connectivity index (χ2n) is 3.38. The third-order valence-electron chi connectivity index (χ3n) is 2.04. The molecule has 17 heavy (non-hydrogen) atoms. The highest BCUT2D eigenvalue weighted by molar-refractivity contribution is 5.53. The molecule has 0 amide bonds. The second-order valence-corrected chi connectivity index (χ2v) is 3.38. The van der Waals surface area contributed by atoms with Crippen LogP contribution in [0.2, 0.25) is 0 Å². The molecule has 1 rings (SSSR count). The van der Waals surface area contributed by atoms with Gasteiger partial charge in [0.2, 0.25) is 0 Å². The summed E-state index contributed by atoms with van der Waals surface area (Å²) in [4.78, 5) is 0. The summed E-state index contributed by atoms with van der Waals surface area (Å²) in [5.41, 5.74) is -1.88. The van der Waals surface area contributed by atoms with Crippen LogP contribution in [-0.2, 0) is 6.18 Å². The van der Waals surface area contributed by atoms with E-state index in [1.165, 1.54) is 0 Å². The Morgan fingerprint density at radius 1 is 1.29 bits per heavy atom. The monoisotopic (exact) mass is 253 g/mol. The summed E-state index contributed by atoms with van der Waals surface area (Å²) in [6, 6.07) is 2.56. The average Bonchev–Trinajstić information content (AvgIpc) is 2.25. The highest BCUT2D eigenvalue weighted by Gasteiger charge is 2.34. The van der Waals surface area contributed by atoms with Gasteiger partial charge in [-0.25, -0.2) is 4.39 Å². The topological polar surface area (TPSA) is 52.5 Å². The zero-order chi connectivity index (χ0) is 13.1. The molecule has 3 nitrogen and oxygen atoms in total. The number of rotatable bonds is 4. The Morgan fingerprint density at radius 2 is 1.94 bits per heavy atom. The van der Waals surface area contributed by atoms with Crippen molar-refractivity contribution in [2.24, 2.45) is 0 Å². The third-order valence-corrected chi connectivity index (χ3v) is 2.04. The number of benzene rings is 1. The fourth-order valence-electron chi connectivity index (χ4n) is 1.22. The van der Waals surface area contributed by atoms with Crippen LogP contribution in [0, 0.1) is 5.82 Å². The van der Waals surface area contributed by atoms with Crippen molar-refractivity contribution in [3.8, 4) is 0 Å². The van der Waals surface area contributed by atoms with Crippen LogP contribution in [0.1, 0.15) is 5.56 Å². The summed E-state index contributed by atoms with van der Waals surface area (Å²) in [6.45, 7) is -0.997. The van der Waals surface area contributed by atoms with Gasteiger partial charge in [-0.2, -0.15) is 13.2 Å². The molecule has 0 spiro atoms. The van der Waals surface area contributed by atoms with E-state index in [4.69, 9.17) is 10.2 Å². The van der Waals surface area contributed by atoms with Crippen molar-refractivity contribution in [1.82, 2.24) is 0 Å². The van der Waals surface area contributed by atoms with Gasteiger partial charge in [0.1, 0.15) is 5.82 Å². The van der Waals surface area contributed by atoms with Crippen LogP contribution < -0.4 is 5.32 Å². The lowest BCUT2D eigenvalue weighted by atomic mass is 10.1. The lowest BCUT2D eigenvalue weighted by molar-refractivity contribution is -0.137. The maximum absolute atomic E-state index is 13.2. The number of hydrogen-bond donors (Lipinski definition) is 3. The standard InChI is InChI=1S/C10H11F4NO2/c11-8-3-1-2-7(10(12,13)14)9(8)15-4-6(17)5-16/h1-3,6,15-17H,4-5H2. The van der Waals surface area contributed by atoms with E-state index in [-0.39, 0.29) is 6.54 Å². The minimum absolute atomic E-state index is 0.374. The molecule has 1 atom stereocenters. The summed E-state index contributed by atoms with van der Waals surface area (Å²) in [7, 11) is 0. The highest BCUT2D eigenvalue weighted by atomic mass is 19.4. The van der Waals surface area contributed by atoms with Gasteiger partial charge in [0.25, 0.3) is 0 Å². The first-order valence-corrected chi connectivity index (χ1v) is 4.74. The normalized spacial score (nSPS) is 13.5. The Morgan fingerprint density at radius 3 is 2.47 bits per heavy atom. The van der Waals surface area contributed by atoms with Crippen molar-refractivity contribution in [3.05, 3.63) is 29.6 Å². The van der Waals surface area contributed by atoms with Gasteiger partial charge in [0.15, 0.2) is 0 Å². The van der Waals surface area contributed by atoms with Gasteiger partial charge in [0, 0.05) is 6.54 Å². The van der Waals surface area contributed by atoms with Gasteiger partial charge in [-0.1, -0.05) is 6.07 Å². The lowest BCUT2D eigenvalue weighted by Gasteiger charge is -2.16. The fraction of sp³-hybridized carbons (Fsp3) is 0.400. The van der Waals surface area contributed by atoms with Crippen molar-refractivity contribution in [2.75, 3.05) is 18.5 Å². The number of hydrogen-bond acceptors (Lipinski definition) is 3. The van der Waals surface area contributed by atoms with Gasteiger partial charge >= 0.3 is 6.18 Å². The molecular formula is C10H11F4NO2. The van der Waals surface area contributed by atoms with E-state index in [0.29, 0.717) is 0 Å². The van der Waals surface area contributed by atoms with Crippen molar-refractivity contribution < 1.29 is 27.8 Å². The zero-order valence-electron chi connectivity index (χ0n) is 8.63. The number of aliphatic hydroxyl groups is 2. The van der Waals surface area contributed by atoms with E-state index in [9.17, 15) is 17.6 Å². The molecule has 0 aliphatic heterocycles. The summed E-state index contributed by atoms with van der Waals surface area (Å²) in [5, 5.41) is 19.6. The zero-order valence-corrected chi connectivity index (χ0v) is 8.63. The molecule has 0 heterocycles. The maximum Gasteiger partial charge on any atom is 0.418 e. The number of anilines is 1. The molecular weight excluding hydrogens is 242 g/mol. The Bertz CT molecular complexity index is 381. The van der Waals surface area contributed by atoms with Gasteiger partial charge in [0.05, 0.1) is 24.0 Å². The molecule has 1 unspecified atom stereocenters. The van der Waals surface area contributed by atoms with Gasteiger partial charge < -0.3 is 15.5 Å². The van der Waals surface area contributed by atoms with Crippen molar-refractivity contribution in [3.63, 3.8) is 0 Å². The van der Waals surface area contributed by atoms with Crippen molar-refractivity contribution in [1.29, 1.82) is 0 Å². The van der Waals surface area contributed by atoms with Crippen LogP contribution in [0.4, 0.5) is 23.2 Å². The molecule has 0 radical (unpaired) electrons. The average molecular weight is 253 g/mol. The molecule has 1 aromatic rings. The number of halogens is 4. The SMILES string of the molecule is OCC(O)CNc1c(F)cccc1C(F)(F)F. The first kappa shape index (κ1) is 13.7. The quantitative estimate of drug-likeness (QED) is 0.714. The Hall–Kier alpha value is -1.34. The van der Waals surface area contributed by atoms with E-state index in [0.717, 1.165) is 18.2 Å². The molecule has 1 aromatic carbocycles. The Kier molecular flexibility index (Phi) is 4.30. The van der Waals surface area contributed by atoms with Crippen LogP contribution in [-0.4, -0.2) is 29.5 Å². The number of para-hydroxylation sites is 1. The molecule has 3 N–H and O–H groups in total. The van der Waals surface area contributed by atoms with Crippen LogP contribution in [0.3, 0.4) is 0 Å². The van der Waals surface area contributed by atoms with Crippen molar-refractivity contribution >= 4 is 5.69 Å². The van der Waals surface area contributed by atoms with Crippen LogP contribution in [0.15, 0.2) is 18.2 Å².